The highest BCUT2D eigenvalue weighted by atomic mass is 35.5. The smallest absolute Gasteiger partial charge is 0.246 e. The first-order valence-electron chi connectivity index (χ1n) is 6.51. The fraction of sp³-hybridized carbons (Fsp3) is 0.750. The Kier molecular flexibility index (Phi) is 5.23. The summed E-state index contributed by atoms with van der Waals surface area (Å²) in [6.07, 6.45) is 0.829. The zero-order chi connectivity index (χ0) is 14.4. The Labute approximate surface area is 126 Å². The van der Waals surface area contributed by atoms with Gasteiger partial charge in [-0.25, -0.2) is 8.42 Å². The van der Waals surface area contributed by atoms with Crippen LogP contribution in [0.4, 0.5) is 0 Å². The molecule has 116 valence electrons. The molecule has 1 saturated heterocycles. The highest BCUT2D eigenvalue weighted by Crippen LogP contribution is 2.28. The SMILES string of the molecule is Cc1nn(C)c(C)c1S(=O)(=O)N1CCC(C(C)N)C1.Cl. The minimum Gasteiger partial charge on any atom is -0.328 e. The van der Waals surface area contributed by atoms with E-state index in [1.54, 1.807) is 25.6 Å². The third kappa shape index (κ3) is 2.86. The van der Waals surface area contributed by atoms with Gasteiger partial charge in [-0.1, -0.05) is 0 Å². The maximum atomic E-state index is 12.7. The molecule has 2 heterocycles. The van der Waals surface area contributed by atoms with Crippen molar-refractivity contribution < 1.29 is 8.42 Å². The van der Waals surface area contributed by atoms with Gasteiger partial charge in [-0.05, 0) is 33.1 Å². The first-order valence-corrected chi connectivity index (χ1v) is 7.95. The zero-order valence-electron chi connectivity index (χ0n) is 12.3. The molecule has 2 unspecified atom stereocenters. The molecule has 1 aromatic rings. The molecular formula is C12H23ClN4O2S. The van der Waals surface area contributed by atoms with E-state index in [0.29, 0.717) is 29.4 Å². The van der Waals surface area contributed by atoms with E-state index in [4.69, 9.17) is 5.73 Å². The molecule has 0 saturated carbocycles. The minimum atomic E-state index is -3.45. The van der Waals surface area contributed by atoms with Gasteiger partial charge in [0.25, 0.3) is 0 Å². The molecule has 0 aromatic carbocycles. The molecule has 2 N–H and O–H groups in total. The topological polar surface area (TPSA) is 81.2 Å². The predicted molar refractivity (Wildman–Crippen MR) is 80.4 cm³/mol. The molecule has 20 heavy (non-hydrogen) atoms. The monoisotopic (exact) mass is 322 g/mol. The van der Waals surface area contributed by atoms with Crippen LogP contribution in [-0.2, 0) is 17.1 Å². The van der Waals surface area contributed by atoms with Crippen LogP contribution in [0.3, 0.4) is 0 Å². The summed E-state index contributed by atoms with van der Waals surface area (Å²) in [5.41, 5.74) is 7.11. The van der Waals surface area contributed by atoms with Gasteiger partial charge in [-0.2, -0.15) is 9.40 Å². The summed E-state index contributed by atoms with van der Waals surface area (Å²) in [5, 5.41) is 4.19. The summed E-state index contributed by atoms with van der Waals surface area (Å²) in [6, 6.07) is 0.0243. The number of hydrogen-bond acceptors (Lipinski definition) is 4. The van der Waals surface area contributed by atoms with Crippen molar-refractivity contribution in [3.8, 4) is 0 Å². The van der Waals surface area contributed by atoms with Gasteiger partial charge >= 0.3 is 0 Å². The summed E-state index contributed by atoms with van der Waals surface area (Å²) >= 11 is 0. The van der Waals surface area contributed by atoms with Crippen LogP contribution in [0.1, 0.15) is 24.7 Å². The molecule has 1 fully saturated rings. The number of hydrogen-bond donors (Lipinski definition) is 1. The second-order valence-electron chi connectivity index (χ2n) is 5.39. The van der Waals surface area contributed by atoms with Crippen molar-refractivity contribution in [2.75, 3.05) is 13.1 Å². The molecule has 1 aliphatic rings. The molecule has 0 spiro atoms. The van der Waals surface area contributed by atoms with Crippen LogP contribution < -0.4 is 5.73 Å². The fourth-order valence-electron chi connectivity index (χ4n) is 2.66. The number of nitrogens with zero attached hydrogens (tertiary/aromatic N) is 3. The van der Waals surface area contributed by atoms with Crippen molar-refractivity contribution in [2.45, 2.75) is 38.1 Å². The van der Waals surface area contributed by atoms with Crippen LogP contribution in [0.25, 0.3) is 0 Å². The van der Waals surface area contributed by atoms with Gasteiger partial charge in [0.2, 0.25) is 10.0 Å². The summed E-state index contributed by atoms with van der Waals surface area (Å²) < 4.78 is 28.5. The van der Waals surface area contributed by atoms with Crippen molar-refractivity contribution in [2.24, 2.45) is 18.7 Å². The lowest BCUT2D eigenvalue weighted by atomic mass is 10.0. The molecule has 0 amide bonds. The maximum Gasteiger partial charge on any atom is 0.246 e. The third-order valence-corrected chi connectivity index (χ3v) is 6.09. The highest BCUT2D eigenvalue weighted by molar-refractivity contribution is 7.89. The normalized spacial score (nSPS) is 21.8. The highest BCUT2D eigenvalue weighted by Gasteiger charge is 2.36. The molecule has 2 atom stereocenters. The first kappa shape index (κ1) is 17.4. The van der Waals surface area contributed by atoms with E-state index in [1.807, 2.05) is 6.92 Å². The van der Waals surface area contributed by atoms with E-state index in [2.05, 4.69) is 5.10 Å². The first-order chi connectivity index (χ1) is 8.75. The van der Waals surface area contributed by atoms with Gasteiger partial charge in [0.05, 0.1) is 11.4 Å². The van der Waals surface area contributed by atoms with E-state index in [1.165, 1.54) is 4.31 Å². The van der Waals surface area contributed by atoms with E-state index in [9.17, 15) is 8.42 Å². The average Bonchev–Trinajstić information content (AvgIpc) is 2.85. The lowest BCUT2D eigenvalue weighted by molar-refractivity contribution is 0.428. The molecule has 0 bridgehead atoms. The Balaban J connectivity index is 0.00000200. The maximum absolute atomic E-state index is 12.7. The Morgan fingerprint density at radius 1 is 1.40 bits per heavy atom. The largest absolute Gasteiger partial charge is 0.328 e. The molecule has 1 aromatic heterocycles. The lowest BCUT2D eigenvalue weighted by Crippen LogP contribution is -2.33. The van der Waals surface area contributed by atoms with Gasteiger partial charge in [-0.3, -0.25) is 4.68 Å². The average molecular weight is 323 g/mol. The number of halogens is 1. The van der Waals surface area contributed by atoms with Crippen molar-refractivity contribution in [3.05, 3.63) is 11.4 Å². The number of sulfonamides is 1. The zero-order valence-corrected chi connectivity index (χ0v) is 14.0. The Morgan fingerprint density at radius 2 is 2.00 bits per heavy atom. The number of aryl methyl sites for hydroxylation is 2. The number of nitrogens with two attached hydrogens (primary N) is 1. The van der Waals surface area contributed by atoms with E-state index in [-0.39, 0.29) is 24.4 Å². The Bertz CT molecular complexity index is 583. The Morgan fingerprint density at radius 3 is 2.40 bits per heavy atom. The van der Waals surface area contributed by atoms with Crippen molar-refractivity contribution in [1.29, 1.82) is 0 Å². The summed E-state index contributed by atoms with van der Waals surface area (Å²) in [6.45, 7) is 6.50. The third-order valence-electron chi connectivity index (χ3n) is 3.97. The van der Waals surface area contributed by atoms with Crippen LogP contribution in [0, 0.1) is 19.8 Å². The Hall–Kier alpha value is -0.630. The van der Waals surface area contributed by atoms with E-state index >= 15 is 0 Å². The molecule has 2 rings (SSSR count). The van der Waals surface area contributed by atoms with Crippen LogP contribution in [-0.4, -0.2) is 41.6 Å². The molecular weight excluding hydrogens is 300 g/mol. The van der Waals surface area contributed by atoms with Crippen molar-refractivity contribution in [1.82, 2.24) is 14.1 Å². The van der Waals surface area contributed by atoms with E-state index < -0.39 is 10.0 Å². The fourth-order valence-corrected chi connectivity index (χ4v) is 4.57. The van der Waals surface area contributed by atoms with Gasteiger partial charge < -0.3 is 5.73 Å². The number of aromatic nitrogens is 2. The summed E-state index contributed by atoms with van der Waals surface area (Å²) in [4.78, 5) is 0.348. The van der Waals surface area contributed by atoms with Crippen LogP contribution >= 0.6 is 12.4 Å². The van der Waals surface area contributed by atoms with Gasteiger partial charge in [0, 0.05) is 26.2 Å². The van der Waals surface area contributed by atoms with Gasteiger partial charge in [0.1, 0.15) is 4.90 Å². The lowest BCUT2D eigenvalue weighted by Gasteiger charge is -2.18. The molecule has 8 heteroatoms. The number of rotatable bonds is 3. The summed E-state index contributed by atoms with van der Waals surface area (Å²) in [5.74, 6) is 0.243. The minimum absolute atomic E-state index is 0. The molecule has 6 nitrogen and oxygen atoms in total. The van der Waals surface area contributed by atoms with Crippen molar-refractivity contribution >= 4 is 22.4 Å². The second kappa shape index (κ2) is 6.01. The van der Waals surface area contributed by atoms with Gasteiger partial charge in [0.15, 0.2) is 0 Å². The molecule has 1 aliphatic heterocycles. The van der Waals surface area contributed by atoms with Gasteiger partial charge in [-0.15, -0.1) is 12.4 Å². The standard InChI is InChI=1S/C12H22N4O2S.ClH/c1-8(13)11-5-6-16(7-11)19(17,18)12-9(2)14-15(4)10(12)3;/h8,11H,5-7,13H2,1-4H3;1H. The summed E-state index contributed by atoms with van der Waals surface area (Å²) in [7, 11) is -1.69. The second-order valence-corrected chi connectivity index (χ2v) is 7.27. The van der Waals surface area contributed by atoms with E-state index in [0.717, 1.165) is 6.42 Å². The van der Waals surface area contributed by atoms with Crippen LogP contribution in [0.2, 0.25) is 0 Å². The quantitative estimate of drug-likeness (QED) is 0.893. The van der Waals surface area contributed by atoms with Crippen molar-refractivity contribution in [3.63, 3.8) is 0 Å². The van der Waals surface area contributed by atoms with Crippen LogP contribution in [0.15, 0.2) is 4.90 Å². The predicted octanol–water partition coefficient (Wildman–Crippen LogP) is 0.817. The molecule has 0 aliphatic carbocycles. The van der Waals surface area contributed by atoms with Crippen LogP contribution in [0.5, 0.6) is 0 Å². The molecule has 0 radical (unpaired) electrons.